The molecule has 0 aromatic carbocycles. The molecule has 14 N–H and O–H groups in total. The SMILES string of the molecule is Nc1ncnc2c1ncn2C1OC(COP(=O)(O)O)C(O)C1O.O.O.O.O.[V]. The molecule has 0 spiro atoms. The third-order valence-corrected chi connectivity index (χ3v) is 3.89. The molecule has 0 saturated carbocycles. The van der Waals surface area contributed by atoms with Crippen molar-refractivity contribution in [2.75, 3.05) is 12.3 Å². The summed E-state index contributed by atoms with van der Waals surface area (Å²) >= 11 is 0. The molecular formula is C10H22N5O11PV. The van der Waals surface area contributed by atoms with Crippen molar-refractivity contribution < 1.29 is 74.3 Å². The van der Waals surface area contributed by atoms with Gasteiger partial charge in [0.15, 0.2) is 17.7 Å². The number of nitrogens with two attached hydrogens (primary N) is 1. The maximum Gasteiger partial charge on any atom is 0.469 e. The number of aliphatic hydroxyl groups is 2. The first-order valence-electron chi connectivity index (χ1n) is 6.42. The monoisotopic (exact) mass is 470 g/mol. The Hall–Kier alpha value is -1.24. The molecule has 16 nitrogen and oxygen atoms in total. The number of aromatic nitrogens is 4. The molecule has 1 fully saturated rings. The number of imidazole rings is 1. The second-order valence-corrected chi connectivity index (χ2v) is 6.15. The molecule has 3 heterocycles. The molecule has 2 aromatic rings. The van der Waals surface area contributed by atoms with Gasteiger partial charge in [-0.1, -0.05) is 0 Å². The molecule has 0 bridgehead atoms. The van der Waals surface area contributed by atoms with Gasteiger partial charge >= 0.3 is 7.82 Å². The van der Waals surface area contributed by atoms with E-state index in [-0.39, 0.29) is 51.9 Å². The van der Waals surface area contributed by atoms with E-state index in [4.69, 9.17) is 20.3 Å². The van der Waals surface area contributed by atoms with Crippen molar-refractivity contribution in [1.82, 2.24) is 19.5 Å². The Bertz CT molecular complexity index is 775. The number of fused-ring (bicyclic) bond motifs is 1. The fourth-order valence-corrected chi connectivity index (χ4v) is 2.66. The molecule has 2 aromatic heterocycles. The van der Waals surface area contributed by atoms with Crippen LogP contribution in [0.2, 0.25) is 0 Å². The summed E-state index contributed by atoms with van der Waals surface area (Å²) in [7, 11) is -4.72. The molecule has 4 atom stereocenters. The van der Waals surface area contributed by atoms with Gasteiger partial charge in [0.25, 0.3) is 0 Å². The van der Waals surface area contributed by atoms with Gasteiger partial charge in [0, 0.05) is 18.6 Å². The number of hydrogen-bond acceptors (Lipinski definition) is 9. The minimum absolute atomic E-state index is 0. The number of phosphoric acid groups is 1. The first-order valence-corrected chi connectivity index (χ1v) is 7.95. The fourth-order valence-electron chi connectivity index (χ4n) is 2.32. The van der Waals surface area contributed by atoms with Gasteiger partial charge in [-0.3, -0.25) is 9.09 Å². The van der Waals surface area contributed by atoms with E-state index in [0.717, 1.165) is 0 Å². The molecule has 0 aliphatic carbocycles. The van der Waals surface area contributed by atoms with Crippen molar-refractivity contribution >= 4 is 24.8 Å². The predicted octanol–water partition coefficient (Wildman–Crippen LogP) is -5.16. The number of phosphoric ester groups is 1. The summed E-state index contributed by atoms with van der Waals surface area (Å²) in [6.45, 7) is -0.594. The first kappa shape index (κ1) is 31.5. The van der Waals surface area contributed by atoms with Crippen LogP contribution in [0.4, 0.5) is 5.82 Å². The molecule has 163 valence electrons. The van der Waals surface area contributed by atoms with Gasteiger partial charge in [-0.15, -0.1) is 0 Å². The topological polar surface area (TPSA) is 312 Å². The maximum atomic E-state index is 10.7. The molecule has 1 aliphatic heterocycles. The Balaban J connectivity index is -0.00000125. The van der Waals surface area contributed by atoms with E-state index in [1.165, 1.54) is 17.2 Å². The van der Waals surface area contributed by atoms with Crippen LogP contribution in [0.15, 0.2) is 12.7 Å². The van der Waals surface area contributed by atoms with Gasteiger partial charge < -0.3 is 52.4 Å². The molecule has 4 unspecified atom stereocenters. The average molecular weight is 470 g/mol. The molecule has 1 radical (unpaired) electrons. The number of nitrogens with zero attached hydrogens (tertiary/aromatic N) is 4. The number of rotatable bonds is 4. The molecule has 28 heavy (non-hydrogen) atoms. The van der Waals surface area contributed by atoms with Crippen molar-refractivity contribution in [2.24, 2.45) is 0 Å². The predicted molar refractivity (Wildman–Crippen MR) is 88.1 cm³/mol. The second-order valence-electron chi connectivity index (χ2n) is 4.92. The van der Waals surface area contributed by atoms with Crippen LogP contribution in [0.5, 0.6) is 0 Å². The zero-order valence-corrected chi connectivity index (χ0v) is 16.2. The molecule has 3 rings (SSSR count). The quantitative estimate of drug-likeness (QED) is 0.263. The zero-order valence-electron chi connectivity index (χ0n) is 13.9. The molecule has 1 aliphatic rings. The van der Waals surface area contributed by atoms with E-state index < -0.39 is 39.0 Å². The number of hydrogen-bond donors (Lipinski definition) is 5. The average Bonchev–Trinajstić information content (AvgIpc) is 3.01. The molecule has 0 amide bonds. The normalized spacial score (nSPS) is 23.4. The van der Waals surface area contributed by atoms with Crippen LogP contribution >= 0.6 is 7.82 Å². The Labute approximate surface area is 168 Å². The van der Waals surface area contributed by atoms with Crippen LogP contribution < -0.4 is 5.73 Å². The van der Waals surface area contributed by atoms with Crippen molar-refractivity contribution in [3.8, 4) is 0 Å². The third-order valence-electron chi connectivity index (χ3n) is 3.41. The largest absolute Gasteiger partial charge is 0.469 e. The van der Waals surface area contributed by atoms with Gasteiger partial charge in [0.2, 0.25) is 0 Å². The minimum atomic E-state index is -4.72. The van der Waals surface area contributed by atoms with E-state index in [1.54, 1.807) is 0 Å². The van der Waals surface area contributed by atoms with Crippen LogP contribution in [-0.2, 0) is 32.4 Å². The van der Waals surface area contributed by atoms with Crippen molar-refractivity contribution in [3.05, 3.63) is 12.7 Å². The summed E-state index contributed by atoms with van der Waals surface area (Å²) in [6, 6.07) is 0. The number of anilines is 1. The van der Waals surface area contributed by atoms with E-state index in [2.05, 4.69) is 19.5 Å². The standard InChI is InChI=1S/C10H14N5O7P.4H2O.V/c11-8-5-9(13-2-12-8)15(3-14-5)10-7(17)6(16)4(22-10)1-21-23(18,19)20;;;;;/h2-4,6-7,10,16-17H,1H2,(H2,11,12,13)(H2,18,19,20);4*1H2;. The van der Waals surface area contributed by atoms with E-state index >= 15 is 0 Å². The van der Waals surface area contributed by atoms with Crippen molar-refractivity contribution in [1.29, 1.82) is 0 Å². The summed E-state index contributed by atoms with van der Waals surface area (Å²) in [5.41, 5.74) is 6.25. The van der Waals surface area contributed by atoms with Crippen LogP contribution in [0, 0.1) is 0 Å². The summed E-state index contributed by atoms with van der Waals surface area (Å²) in [5, 5.41) is 20.1. The summed E-state index contributed by atoms with van der Waals surface area (Å²) in [5.74, 6) is 0.142. The van der Waals surface area contributed by atoms with Gasteiger partial charge in [0.05, 0.1) is 12.9 Å². The van der Waals surface area contributed by atoms with Gasteiger partial charge in [-0.25, -0.2) is 19.5 Å². The second kappa shape index (κ2) is 11.7. The Kier molecular flexibility index (Phi) is 13.1. The molecular weight excluding hydrogens is 448 g/mol. The zero-order chi connectivity index (χ0) is 16.8. The first-order chi connectivity index (χ1) is 10.8. The number of aliphatic hydroxyl groups excluding tert-OH is 2. The summed E-state index contributed by atoms with van der Waals surface area (Å²) in [4.78, 5) is 29.2. The van der Waals surface area contributed by atoms with Gasteiger partial charge in [-0.05, 0) is 0 Å². The smallest absolute Gasteiger partial charge is 0.412 e. The van der Waals surface area contributed by atoms with Crippen molar-refractivity contribution in [2.45, 2.75) is 24.5 Å². The Morgan fingerprint density at radius 1 is 1.14 bits per heavy atom. The maximum absolute atomic E-state index is 10.7. The molecule has 1 saturated heterocycles. The van der Waals surface area contributed by atoms with Crippen molar-refractivity contribution in [3.63, 3.8) is 0 Å². The van der Waals surface area contributed by atoms with Crippen LogP contribution in [0.25, 0.3) is 11.2 Å². The fraction of sp³-hybridized carbons (Fsp3) is 0.500. The van der Waals surface area contributed by atoms with E-state index in [9.17, 15) is 14.8 Å². The van der Waals surface area contributed by atoms with Crippen LogP contribution in [0.3, 0.4) is 0 Å². The number of ether oxygens (including phenoxy) is 1. The van der Waals surface area contributed by atoms with Crippen LogP contribution in [0.1, 0.15) is 6.23 Å². The van der Waals surface area contributed by atoms with Crippen LogP contribution in [-0.4, -0.2) is 86.3 Å². The Morgan fingerprint density at radius 2 is 1.75 bits per heavy atom. The third kappa shape index (κ3) is 6.13. The minimum Gasteiger partial charge on any atom is -0.412 e. The van der Waals surface area contributed by atoms with E-state index in [1.807, 2.05) is 0 Å². The molecule has 18 heteroatoms. The number of nitrogen functional groups attached to an aromatic ring is 1. The van der Waals surface area contributed by atoms with E-state index in [0.29, 0.717) is 5.52 Å². The van der Waals surface area contributed by atoms with Gasteiger partial charge in [0.1, 0.15) is 30.2 Å². The van der Waals surface area contributed by atoms with Gasteiger partial charge in [-0.2, -0.15) is 0 Å². The summed E-state index contributed by atoms with van der Waals surface area (Å²) in [6.07, 6.45) is -2.49. The Morgan fingerprint density at radius 3 is 2.32 bits per heavy atom. The summed E-state index contributed by atoms with van der Waals surface area (Å²) < 4.78 is 21.8.